The van der Waals surface area contributed by atoms with Crippen molar-refractivity contribution in [1.29, 1.82) is 0 Å². The Hall–Kier alpha value is -2.94. The number of hydrogen-bond acceptors (Lipinski definition) is 4. The summed E-state index contributed by atoms with van der Waals surface area (Å²) in [4.78, 5) is 49.3. The number of piperidine rings is 1. The van der Waals surface area contributed by atoms with Crippen LogP contribution in [-0.2, 0) is 20.9 Å². The Bertz CT molecular complexity index is 936. The van der Waals surface area contributed by atoms with E-state index in [0.29, 0.717) is 36.7 Å². The first-order chi connectivity index (χ1) is 14.0. The van der Waals surface area contributed by atoms with E-state index in [-0.39, 0.29) is 18.2 Å². The maximum Gasteiger partial charge on any atom is 0.255 e. The maximum atomic E-state index is 12.7. The van der Waals surface area contributed by atoms with E-state index >= 15 is 0 Å². The Balaban J connectivity index is 1.32. The maximum absolute atomic E-state index is 12.7. The van der Waals surface area contributed by atoms with Crippen LogP contribution in [0.15, 0.2) is 18.2 Å². The molecule has 2 fully saturated rings. The SMILES string of the molecule is O=C1CCC(N2Cc3cc(C#CCCCCC(=O)C4CC4)ccc3C2=O)C(=O)N1. The van der Waals surface area contributed by atoms with Gasteiger partial charge in [0.1, 0.15) is 11.8 Å². The summed E-state index contributed by atoms with van der Waals surface area (Å²) in [5.41, 5.74) is 2.30. The van der Waals surface area contributed by atoms with Crippen LogP contribution in [0.4, 0.5) is 0 Å². The summed E-state index contributed by atoms with van der Waals surface area (Å²) in [6.07, 6.45) is 5.97. The molecule has 29 heavy (non-hydrogen) atoms. The lowest BCUT2D eigenvalue weighted by atomic mass is 10.0. The van der Waals surface area contributed by atoms with Gasteiger partial charge in [-0.2, -0.15) is 0 Å². The molecule has 1 aromatic rings. The third-order valence-corrected chi connectivity index (χ3v) is 5.76. The number of Topliss-reactive ketones (excluding diaryl/α,β-unsaturated/α-hetero) is 1. The minimum atomic E-state index is -0.597. The van der Waals surface area contributed by atoms with Gasteiger partial charge in [0, 0.05) is 42.9 Å². The van der Waals surface area contributed by atoms with Gasteiger partial charge in [-0.05, 0) is 55.9 Å². The molecule has 2 heterocycles. The van der Waals surface area contributed by atoms with Crippen LogP contribution in [0.5, 0.6) is 0 Å². The van der Waals surface area contributed by atoms with Gasteiger partial charge in [0.2, 0.25) is 11.8 Å². The van der Waals surface area contributed by atoms with Crippen LogP contribution in [0.3, 0.4) is 0 Å². The van der Waals surface area contributed by atoms with Crippen LogP contribution in [0.2, 0.25) is 0 Å². The van der Waals surface area contributed by atoms with Crippen LogP contribution in [0.1, 0.15) is 72.9 Å². The summed E-state index contributed by atoms with van der Waals surface area (Å²) in [7, 11) is 0. The number of unbranched alkanes of at least 4 members (excludes halogenated alkanes) is 2. The monoisotopic (exact) mass is 392 g/mol. The van der Waals surface area contributed by atoms with Crippen molar-refractivity contribution >= 4 is 23.5 Å². The summed E-state index contributed by atoms with van der Waals surface area (Å²) in [5.74, 6) is 6.17. The number of imide groups is 1. The summed E-state index contributed by atoms with van der Waals surface area (Å²) in [6, 6.07) is 4.90. The molecule has 0 bridgehead atoms. The van der Waals surface area contributed by atoms with Crippen LogP contribution in [-0.4, -0.2) is 34.4 Å². The van der Waals surface area contributed by atoms with E-state index in [1.807, 2.05) is 12.1 Å². The number of nitrogens with zero attached hydrogens (tertiary/aromatic N) is 1. The molecule has 0 aromatic heterocycles. The van der Waals surface area contributed by atoms with Crippen molar-refractivity contribution in [3.05, 3.63) is 34.9 Å². The van der Waals surface area contributed by atoms with E-state index in [4.69, 9.17) is 0 Å². The van der Waals surface area contributed by atoms with Crippen LogP contribution < -0.4 is 5.32 Å². The zero-order chi connectivity index (χ0) is 20.4. The molecule has 1 unspecified atom stereocenters. The van der Waals surface area contributed by atoms with E-state index in [0.717, 1.165) is 43.2 Å². The van der Waals surface area contributed by atoms with E-state index in [2.05, 4.69) is 17.2 Å². The summed E-state index contributed by atoms with van der Waals surface area (Å²) >= 11 is 0. The van der Waals surface area contributed by atoms with Gasteiger partial charge >= 0.3 is 0 Å². The number of rotatable bonds is 6. The van der Waals surface area contributed by atoms with Gasteiger partial charge in [-0.25, -0.2) is 0 Å². The lowest BCUT2D eigenvalue weighted by molar-refractivity contribution is -0.137. The van der Waals surface area contributed by atoms with Crippen LogP contribution in [0, 0.1) is 17.8 Å². The Morgan fingerprint density at radius 1 is 1.14 bits per heavy atom. The fourth-order valence-electron chi connectivity index (χ4n) is 3.94. The van der Waals surface area contributed by atoms with Gasteiger partial charge < -0.3 is 4.90 Å². The third kappa shape index (κ3) is 4.40. The average molecular weight is 392 g/mol. The van der Waals surface area contributed by atoms with E-state index < -0.39 is 11.9 Å². The van der Waals surface area contributed by atoms with Crippen molar-refractivity contribution in [2.75, 3.05) is 0 Å². The standard InChI is InChI=1S/C23H24N2O4/c26-20(16-8-9-16)6-4-2-1-3-5-15-7-10-18-17(13-15)14-25(23(18)29)19-11-12-21(27)24-22(19)28/h7,10,13,16,19H,1-2,4,6,8-9,11-12,14H2,(H,24,27,28). The molecule has 1 atom stereocenters. The molecule has 6 heteroatoms. The van der Waals surface area contributed by atoms with Crippen molar-refractivity contribution in [3.63, 3.8) is 0 Å². The highest BCUT2D eigenvalue weighted by atomic mass is 16.2. The first-order valence-electron chi connectivity index (χ1n) is 10.3. The molecule has 4 rings (SSSR count). The summed E-state index contributed by atoms with van der Waals surface area (Å²) in [6.45, 7) is 0.360. The van der Waals surface area contributed by atoms with Gasteiger partial charge in [0.05, 0.1) is 0 Å². The number of amides is 3. The van der Waals surface area contributed by atoms with Crippen molar-refractivity contribution in [3.8, 4) is 11.8 Å². The van der Waals surface area contributed by atoms with Gasteiger partial charge in [0.25, 0.3) is 5.91 Å². The molecule has 1 N–H and O–H groups in total. The Morgan fingerprint density at radius 3 is 2.72 bits per heavy atom. The van der Waals surface area contributed by atoms with Crippen LogP contribution in [0.25, 0.3) is 0 Å². The smallest absolute Gasteiger partial charge is 0.255 e. The van der Waals surface area contributed by atoms with Crippen molar-refractivity contribution < 1.29 is 19.2 Å². The Kier molecular flexibility index (Phi) is 5.48. The van der Waals surface area contributed by atoms with Gasteiger partial charge in [-0.1, -0.05) is 11.8 Å². The number of fused-ring (bicyclic) bond motifs is 1. The molecule has 3 amide bonds. The number of benzene rings is 1. The predicted molar refractivity (Wildman–Crippen MR) is 106 cm³/mol. The Morgan fingerprint density at radius 2 is 1.97 bits per heavy atom. The number of hydrogen-bond donors (Lipinski definition) is 1. The molecular formula is C23H24N2O4. The summed E-state index contributed by atoms with van der Waals surface area (Å²) < 4.78 is 0. The molecule has 6 nitrogen and oxygen atoms in total. The molecule has 1 saturated heterocycles. The molecule has 1 aromatic carbocycles. The molecule has 0 radical (unpaired) electrons. The zero-order valence-electron chi connectivity index (χ0n) is 16.3. The second kappa shape index (κ2) is 8.20. The molecular weight excluding hydrogens is 368 g/mol. The highest BCUT2D eigenvalue weighted by molar-refractivity contribution is 6.05. The third-order valence-electron chi connectivity index (χ3n) is 5.76. The average Bonchev–Trinajstić information content (AvgIpc) is 3.50. The summed E-state index contributed by atoms with van der Waals surface area (Å²) in [5, 5.41) is 2.31. The highest BCUT2D eigenvalue weighted by Crippen LogP contribution is 2.31. The van der Waals surface area contributed by atoms with E-state index in [9.17, 15) is 19.2 Å². The van der Waals surface area contributed by atoms with Gasteiger partial charge in [-0.15, -0.1) is 0 Å². The molecule has 150 valence electrons. The second-order valence-electron chi connectivity index (χ2n) is 8.02. The molecule has 3 aliphatic rings. The predicted octanol–water partition coefficient (Wildman–Crippen LogP) is 2.34. The number of carbonyl (C=O) groups excluding carboxylic acids is 4. The topological polar surface area (TPSA) is 83.6 Å². The lowest BCUT2D eigenvalue weighted by Crippen LogP contribution is -2.52. The molecule has 1 saturated carbocycles. The van der Waals surface area contributed by atoms with Crippen molar-refractivity contribution in [2.24, 2.45) is 5.92 Å². The minimum absolute atomic E-state index is 0.172. The fraction of sp³-hybridized carbons (Fsp3) is 0.478. The second-order valence-corrected chi connectivity index (χ2v) is 8.02. The minimum Gasteiger partial charge on any atom is -0.322 e. The highest BCUT2D eigenvalue weighted by Gasteiger charge is 2.39. The first kappa shape index (κ1) is 19.4. The van der Waals surface area contributed by atoms with Gasteiger partial charge in [0.15, 0.2) is 0 Å². The first-order valence-corrected chi connectivity index (χ1v) is 10.3. The van der Waals surface area contributed by atoms with Crippen molar-refractivity contribution in [1.82, 2.24) is 10.2 Å². The quantitative estimate of drug-likeness (QED) is 0.458. The van der Waals surface area contributed by atoms with E-state index in [1.165, 1.54) is 0 Å². The zero-order valence-corrected chi connectivity index (χ0v) is 16.3. The number of carbonyl (C=O) groups is 4. The largest absolute Gasteiger partial charge is 0.322 e. The molecule has 1 aliphatic carbocycles. The van der Waals surface area contributed by atoms with Crippen LogP contribution >= 0.6 is 0 Å². The Labute approximate surface area is 170 Å². The lowest BCUT2D eigenvalue weighted by Gasteiger charge is -2.29. The normalized spacial score (nSPS) is 20.8. The molecule has 2 aliphatic heterocycles. The van der Waals surface area contributed by atoms with Gasteiger partial charge in [-0.3, -0.25) is 24.5 Å². The fourth-order valence-corrected chi connectivity index (χ4v) is 3.94. The van der Waals surface area contributed by atoms with E-state index in [1.54, 1.807) is 11.0 Å². The number of ketones is 1. The van der Waals surface area contributed by atoms with Crippen molar-refractivity contribution in [2.45, 2.75) is 64.0 Å². The number of nitrogens with one attached hydrogen (secondary N) is 1. The molecule has 0 spiro atoms.